The van der Waals surface area contributed by atoms with Crippen LogP contribution in [0.5, 0.6) is 0 Å². The van der Waals surface area contributed by atoms with E-state index >= 15 is 0 Å². The molecule has 22 heavy (non-hydrogen) atoms. The molecule has 0 unspecified atom stereocenters. The summed E-state index contributed by atoms with van der Waals surface area (Å²) in [4.78, 5) is 0. The maximum atomic E-state index is 4.34. The molecule has 0 fully saturated rings. The molecule has 0 amide bonds. The van der Waals surface area contributed by atoms with Gasteiger partial charge in [0.25, 0.3) is 0 Å². The van der Waals surface area contributed by atoms with Crippen LogP contribution in [0.1, 0.15) is 29.4 Å². The van der Waals surface area contributed by atoms with E-state index in [0.717, 1.165) is 12.0 Å². The molecule has 0 aliphatic rings. The van der Waals surface area contributed by atoms with Crippen LogP contribution in [0.3, 0.4) is 0 Å². The zero-order chi connectivity index (χ0) is 15.5. The molecule has 0 aliphatic heterocycles. The molecule has 112 valence electrons. The fourth-order valence-electron chi connectivity index (χ4n) is 2.70. The minimum absolute atomic E-state index is 1.01. The number of hydrogen-bond donors (Lipinski definition) is 0. The maximum Gasteiger partial charge on any atom is 0.141 e. The summed E-state index contributed by atoms with van der Waals surface area (Å²) in [6, 6.07) is 10.7. The van der Waals surface area contributed by atoms with Crippen LogP contribution in [0, 0.1) is 13.8 Å². The van der Waals surface area contributed by atoms with Gasteiger partial charge in [0, 0.05) is 22.6 Å². The van der Waals surface area contributed by atoms with Gasteiger partial charge in [0.05, 0.1) is 6.21 Å². The lowest BCUT2D eigenvalue weighted by molar-refractivity contribution is 0.877. The van der Waals surface area contributed by atoms with Gasteiger partial charge in [-0.25, -0.2) is 4.68 Å². The van der Waals surface area contributed by atoms with Crippen molar-refractivity contribution < 1.29 is 0 Å². The second-order valence-electron chi connectivity index (χ2n) is 5.23. The molecule has 5 nitrogen and oxygen atoms in total. The Morgan fingerprint density at radius 3 is 2.59 bits per heavy atom. The molecule has 0 saturated heterocycles. The van der Waals surface area contributed by atoms with Gasteiger partial charge < -0.3 is 4.57 Å². The zero-order valence-corrected chi connectivity index (χ0v) is 13.1. The van der Waals surface area contributed by atoms with Crippen molar-refractivity contribution in [2.45, 2.75) is 27.2 Å². The van der Waals surface area contributed by atoms with Crippen molar-refractivity contribution in [2.75, 3.05) is 0 Å². The molecule has 0 N–H and O–H groups in total. The second kappa shape index (κ2) is 5.97. The molecule has 0 saturated carbocycles. The number of aryl methyl sites for hydroxylation is 2. The van der Waals surface area contributed by atoms with Gasteiger partial charge in [-0.2, -0.15) is 5.10 Å². The molecule has 2 aromatic heterocycles. The smallest absolute Gasteiger partial charge is 0.141 e. The van der Waals surface area contributed by atoms with E-state index in [4.69, 9.17) is 0 Å². The van der Waals surface area contributed by atoms with Crippen molar-refractivity contribution in [2.24, 2.45) is 5.10 Å². The van der Waals surface area contributed by atoms with Gasteiger partial charge in [0.1, 0.15) is 12.7 Å². The van der Waals surface area contributed by atoms with Crippen molar-refractivity contribution in [3.63, 3.8) is 0 Å². The third-order valence-corrected chi connectivity index (χ3v) is 3.82. The fraction of sp³-hybridized carbons (Fsp3) is 0.235. The summed E-state index contributed by atoms with van der Waals surface area (Å²) in [5.74, 6) is 0. The predicted molar refractivity (Wildman–Crippen MR) is 87.6 cm³/mol. The highest BCUT2D eigenvalue weighted by Gasteiger charge is 2.11. The van der Waals surface area contributed by atoms with Gasteiger partial charge in [-0.3, -0.25) is 0 Å². The van der Waals surface area contributed by atoms with Crippen LogP contribution in [-0.4, -0.2) is 25.7 Å². The van der Waals surface area contributed by atoms with Crippen molar-refractivity contribution in [1.82, 2.24) is 19.4 Å². The van der Waals surface area contributed by atoms with Crippen LogP contribution in [0.15, 0.2) is 48.1 Å². The summed E-state index contributed by atoms with van der Waals surface area (Å²) < 4.78 is 3.87. The molecule has 1 aromatic carbocycles. The van der Waals surface area contributed by atoms with E-state index in [2.05, 4.69) is 71.0 Å². The van der Waals surface area contributed by atoms with E-state index < -0.39 is 0 Å². The molecular weight excluding hydrogens is 274 g/mol. The van der Waals surface area contributed by atoms with Gasteiger partial charge in [-0.1, -0.05) is 25.1 Å². The highest BCUT2D eigenvalue weighted by Crippen LogP contribution is 2.23. The van der Waals surface area contributed by atoms with E-state index in [1.807, 2.05) is 6.21 Å². The zero-order valence-electron chi connectivity index (χ0n) is 13.1. The van der Waals surface area contributed by atoms with Crippen LogP contribution in [0.25, 0.3) is 5.69 Å². The summed E-state index contributed by atoms with van der Waals surface area (Å²) in [6.07, 6.45) is 6.00. The number of aromatic nitrogens is 4. The average Bonchev–Trinajstić information content (AvgIpc) is 3.14. The van der Waals surface area contributed by atoms with Crippen LogP contribution < -0.4 is 0 Å². The summed E-state index contributed by atoms with van der Waals surface area (Å²) in [5.41, 5.74) is 6.05. The monoisotopic (exact) mass is 293 g/mol. The van der Waals surface area contributed by atoms with E-state index in [9.17, 15) is 0 Å². The Balaban J connectivity index is 2.04. The second-order valence-corrected chi connectivity index (χ2v) is 5.23. The summed E-state index contributed by atoms with van der Waals surface area (Å²) >= 11 is 0. The first-order valence-electron chi connectivity index (χ1n) is 7.37. The topological polar surface area (TPSA) is 48.0 Å². The van der Waals surface area contributed by atoms with Crippen LogP contribution >= 0.6 is 0 Å². The minimum atomic E-state index is 1.01. The largest absolute Gasteiger partial charge is 0.318 e. The number of rotatable bonds is 4. The van der Waals surface area contributed by atoms with Gasteiger partial charge in [0.15, 0.2) is 0 Å². The normalized spacial score (nSPS) is 11.4. The predicted octanol–water partition coefficient (Wildman–Crippen LogP) is 3.13. The van der Waals surface area contributed by atoms with E-state index in [-0.39, 0.29) is 0 Å². The Bertz CT molecular complexity index is 797. The van der Waals surface area contributed by atoms with Crippen LogP contribution in [0.4, 0.5) is 0 Å². The quantitative estimate of drug-likeness (QED) is 0.694. The number of para-hydroxylation sites is 1. The molecule has 3 aromatic rings. The van der Waals surface area contributed by atoms with Crippen molar-refractivity contribution in [3.05, 3.63) is 65.5 Å². The van der Waals surface area contributed by atoms with E-state index in [0.29, 0.717) is 0 Å². The highest BCUT2D eigenvalue weighted by molar-refractivity contribution is 5.82. The fourth-order valence-corrected chi connectivity index (χ4v) is 2.70. The first-order chi connectivity index (χ1) is 10.7. The van der Waals surface area contributed by atoms with Gasteiger partial charge in [-0.05, 0) is 38.0 Å². The highest BCUT2D eigenvalue weighted by atomic mass is 15.4. The van der Waals surface area contributed by atoms with Crippen LogP contribution in [0.2, 0.25) is 0 Å². The standard InChI is InChI=1S/C17H19N5/c1-4-15-7-5-6-8-17(15)22-13(2)9-16(14(22)3)10-20-21-11-18-19-12-21/h5-12H,4H2,1-3H3. The van der Waals surface area contributed by atoms with Crippen molar-refractivity contribution >= 4 is 6.21 Å². The summed E-state index contributed by atoms with van der Waals surface area (Å²) in [7, 11) is 0. The minimum Gasteiger partial charge on any atom is -0.318 e. The van der Waals surface area contributed by atoms with E-state index in [1.165, 1.54) is 22.6 Å². The third-order valence-electron chi connectivity index (χ3n) is 3.82. The number of nitrogens with zero attached hydrogens (tertiary/aromatic N) is 5. The molecule has 0 aliphatic carbocycles. The lowest BCUT2D eigenvalue weighted by Gasteiger charge is -2.13. The maximum absolute atomic E-state index is 4.34. The molecule has 0 radical (unpaired) electrons. The summed E-state index contributed by atoms with van der Waals surface area (Å²) in [5, 5.41) is 11.8. The Morgan fingerprint density at radius 2 is 1.86 bits per heavy atom. The number of benzene rings is 1. The first-order valence-corrected chi connectivity index (χ1v) is 7.37. The SMILES string of the molecule is CCc1ccccc1-n1c(C)cc(C=Nn2cnnc2)c1C. The number of hydrogen-bond acceptors (Lipinski definition) is 3. The van der Waals surface area contributed by atoms with Gasteiger partial charge >= 0.3 is 0 Å². The average molecular weight is 293 g/mol. The first kappa shape index (κ1) is 14.3. The van der Waals surface area contributed by atoms with Crippen molar-refractivity contribution in [3.8, 4) is 5.69 Å². The van der Waals surface area contributed by atoms with E-state index in [1.54, 1.807) is 17.3 Å². The third kappa shape index (κ3) is 2.57. The Hall–Kier alpha value is -2.69. The molecule has 0 atom stereocenters. The van der Waals surface area contributed by atoms with Crippen molar-refractivity contribution in [1.29, 1.82) is 0 Å². The molecule has 0 spiro atoms. The molecule has 0 bridgehead atoms. The molecule has 2 heterocycles. The molecule has 3 rings (SSSR count). The van der Waals surface area contributed by atoms with Crippen LogP contribution in [-0.2, 0) is 6.42 Å². The summed E-state index contributed by atoms with van der Waals surface area (Å²) in [6.45, 7) is 6.42. The van der Waals surface area contributed by atoms with Gasteiger partial charge in [-0.15, -0.1) is 10.2 Å². The lowest BCUT2D eigenvalue weighted by atomic mass is 10.1. The molecule has 5 heteroatoms. The lowest BCUT2D eigenvalue weighted by Crippen LogP contribution is -2.03. The Morgan fingerprint density at radius 1 is 1.14 bits per heavy atom. The Labute approximate surface area is 129 Å². The van der Waals surface area contributed by atoms with Gasteiger partial charge in [0.2, 0.25) is 0 Å². The Kier molecular flexibility index (Phi) is 3.87. The molecular formula is C17H19N5.